The Morgan fingerprint density at radius 1 is 1.31 bits per heavy atom. The summed E-state index contributed by atoms with van der Waals surface area (Å²) < 4.78 is 0. The van der Waals surface area contributed by atoms with Gasteiger partial charge in [0, 0.05) is 18.0 Å². The van der Waals surface area contributed by atoms with Crippen molar-refractivity contribution in [3.05, 3.63) is 40.3 Å². The van der Waals surface area contributed by atoms with Gasteiger partial charge < -0.3 is 10.7 Å². The van der Waals surface area contributed by atoms with E-state index in [1.165, 1.54) is 6.07 Å². The summed E-state index contributed by atoms with van der Waals surface area (Å²) in [6.07, 6.45) is 0. The Morgan fingerprint density at radius 2 is 2.08 bits per heavy atom. The van der Waals surface area contributed by atoms with Gasteiger partial charge in [-0.25, -0.2) is 4.98 Å². The fourth-order valence-electron chi connectivity index (χ4n) is 1.18. The molecule has 13 heavy (non-hydrogen) atoms. The van der Waals surface area contributed by atoms with Gasteiger partial charge in [0.2, 0.25) is 5.56 Å². The summed E-state index contributed by atoms with van der Waals surface area (Å²) in [4.78, 5) is 17.8. The monoisotopic (exact) mass is 175 g/mol. The normalized spacial score (nSPS) is 10.5. The Labute approximate surface area is 74.4 Å². The van der Waals surface area contributed by atoms with E-state index >= 15 is 0 Å². The van der Waals surface area contributed by atoms with E-state index in [1.54, 1.807) is 6.07 Å². The minimum atomic E-state index is -0.144. The smallest absolute Gasteiger partial charge is 0.249 e. The van der Waals surface area contributed by atoms with E-state index in [-0.39, 0.29) is 5.56 Å². The average molecular weight is 175 g/mol. The number of nitrogens with two attached hydrogens (primary N) is 1. The van der Waals surface area contributed by atoms with Crippen molar-refractivity contribution in [1.82, 2.24) is 9.97 Å². The summed E-state index contributed by atoms with van der Waals surface area (Å²) in [5.74, 6) is 0. The number of hydrogen-bond acceptors (Lipinski definition) is 3. The Kier molecular flexibility index (Phi) is 1.83. The van der Waals surface area contributed by atoms with E-state index in [1.807, 2.05) is 12.1 Å². The van der Waals surface area contributed by atoms with Gasteiger partial charge in [-0.05, 0) is 18.2 Å². The average Bonchev–Trinajstić information content (AvgIpc) is 2.16. The van der Waals surface area contributed by atoms with Crippen LogP contribution in [0.5, 0.6) is 0 Å². The van der Waals surface area contributed by atoms with Gasteiger partial charge >= 0.3 is 0 Å². The number of aromatic amines is 1. The molecule has 0 atom stereocenters. The first-order valence-corrected chi connectivity index (χ1v) is 3.98. The molecule has 0 aliphatic heterocycles. The predicted molar refractivity (Wildman–Crippen MR) is 50.3 cm³/mol. The highest BCUT2D eigenvalue weighted by Gasteiger charge is 1.96. The van der Waals surface area contributed by atoms with E-state index in [0.29, 0.717) is 12.2 Å². The number of rotatable bonds is 1. The van der Waals surface area contributed by atoms with Crippen molar-refractivity contribution in [3.63, 3.8) is 0 Å². The van der Waals surface area contributed by atoms with Crippen molar-refractivity contribution in [2.75, 3.05) is 0 Å². The van der Waals surface area contributed by atoms with Crippen molar-refractivity contribution in [3.8, 4) is 0 Å². The van der Waals surface area contributed by atoms with Gasteiger partial charge in [-0.3, -0.25) is 4.79 Å². The number of pyridine rings is 2. The van der Waals surface area contributed by atoms with Crippen LogP contribution in [0.2, 0.25) is 0 Å². The van der Waals surface area contributed by atoms with E-state index in [4.69, 9.17) is 5.73 Å². The molecule has 4 nitrogen and oxygen atoms in total. The SMILES string of the molecule is NCc1ccc2ccc(=O)[nH]c2n1. The van der Waals surface area contributed by atoms with Crippen LogP contribution >= 0.6 is 0 Å². The Hall–Kier alpha value is -1.68. The van der Waals surface area contributed by atoms with Gasteiger partial charge in [0.05, 0.1) is 5.69 Å². The Bertz CT molecular complexity index is 489. The molecule has 3 N–H and O–H groups in total. The summed E-state index contributed by atoms with van der Waals surface area (Å²) in [7, 11) is 0. The molecule has 0 aromatic carbocycles. The first-order chi connectivity index (χ1) is 6.29. The second kappa shape index (κ2) is 2.99. The molecule has 0 aliphatic rings. The summed E-state index contributed by atoms with van der Waals surface area (Å²) in [6.45, 7) is 0.382. The second-order valence-corrected chi connectivity index (χ2v) is 2.77. The Balaban J connectivity index is 2.75. The molecule has 0 amide bonds. The summed E-state index contributed by atoms with van der Waals surface area (Å²) in [6, 6.07) is 6.95. The Morgan fingerprint density at radius 3 is 2.85 bits per heavy atom. The molecule has 2 aromatic rings. The molecule has 0 saturated heterocycles. The van der Waals surface area contributed by atoms with Crippen LogP contribution in [-0.2, 0) is 6.54 Å². The van der Waals surface area contributed by atoms with E-state index in [0.717, 1.165) is 11.1 Å². The number of fused-ring (bicyclic) bond motifs is 1. The first-order valence-electron chi connectivity index (χ1n) is 3.98. The summed E-state index contributed by atoms with van der Waals surface area (Å²) >= 11 is 0. The fraction of sp³-hybridized carbons (Fsp3) is 0.111. The van der Waals surface area contributed by atoms with Gasteiger partial charge in [0.1, 0.15) is 5.65 Å². The van der Waals surface area contributed by atoms with Crippen molar-refractivity contribution >= 4 is 11.0 Å². The number of hydrogen-bond donors (Lipinski definition) is 2. The first kappa shape index (κ1) is 7.94. The fourth-order valence-corrected chi connectivity index (χ4v) is 1.18. The zero-order chi connectivity index (χ0) is 9.26. The van der Waals surface area contributed by atoms with Gasteiger partial charge in [0.15, 0.2) is 0 Å². The van der Waals surface area contributed by atoms with Crippen LogP contribution < -0.4 is 11.3 Å². The lowest BCUT2D eigenvalue weighted by Crippen LogP contribution is -2.06. The summed E-state index contributed by atoms with van der Waals surface area (Å²) in [5.41, 5.74) is 6.65. The van der Waals surface area contributed by atoms with Gasteiger partial charge in [-0.2, -0.15) is 0 Å². The predicted octanol–water partition coefficient (Wildman–Crippen LogP) is 0.382. The zero-order valence-corrected chi connectivity index (χ0v) is 6.95. The zero-order valence-electron chi connectivity index (χ0n) is 6.95. The van der Waals surface area contributed by atoms with Crippen LogP contribution in [0.4, 0.5) is 0 Å². The lowest BCUT2D eigenvalue weighted by atomic mass is 10.2. The molecule has 0 bridgehead atoms. The van der Waals surface area contributed by atoms with Crippen LogP contribution in [0.25, 0.3) is 11.0 Å². The quantitative estimate of drug-likeness (QED) is 0.658. The lowest BCUT2D eigenvalue weighted by molar-refractivity contribution is 0.997. The van der Waals surface area contributed by atoms with Gasteiger partial charge in [-0.15, -0.1) is 0 Å². The number of aromatic nitrogens is 2. The van der Waals surface area contributed by atoms with Crippen LogP contribution in [0.15, 0.2) is 29.1 Å². The van der Waals surface area contributed by atoms with Gasteiger partial charge in [0.25, 0.3) is 0 Å². The molecule has 66 valence electrons. The third-order valence-electron chi connectivity index (χ3n) is 1.85. The molecule has 2 heterocycles. The summed E-state index contributed by atoms with van der Waals surface area (Å²) in [5, 5.41) is 0.914. The van der Waals surface area contributed by atoms with Crippen molar-refractivity contribution in [2.24, 2.45) is 5.73 Å². The van der Waals surface area contributed by atoms with Gasteiger partial charge in [-0.1, -0.05) is 0 Å². The molecule has 0 unspecified atom stereocenters. The molecule has 0 radical (unpaired) electrons. The molecular formula is C9H9N3O. The van der Waals surface area contributed by atoms with Crippen LogP contribution in [-0.4, -0.2) is 9.97 Å². The molecule has 0 spiro atoms. The van der Waals surface area contributed by atoms with Crippen molar-refractivity contribution in [2.45, 2.75) is 6.54 Å². The highest BCUT2D eigenvalue weighted by molar-refractivity contribution is 5.74. The van der Waals surface area contributed by atoms with Crippen molar-refractivity contribution < 1.29 is 0 Å². The molecular weight excluding hydrogens is 166 g/mol. The van der Waals surface area contributed by atoms with Crippen LogP contribution in [0.3, 0.4) is 0 Å². The lowest BCUT2D eigenvalue weighted by Gasteiger charge is -1.98. The van der Waals surface area contributed by atoms with Crippen LogP contribution in [0, 0.1) is 0 Å². The van der Waals surface area contributed by atoms with E-state index in [9.17, 15) is 4.79 Å². The topological polar surface area (TPSA) is 71.8 Å². The highest BCUT2D eigenvalue weighted by atomic mass is 16.1. The van der Waals surface area contributed by atoms with Crippen LogP contribution in [0.1, 0.15) is 5.69 Å². The molecule has 4 heteroatoms. The van der Waals surface area contributed by atoms with E-state index < -0.39 is 0 Å². The highest BCUT2D eigenvalue weighted by Crippen LogP contribution is 2.06. The third-order valence-corrected chi connectivity index (χ3v) is 1.85. The second-order valence-electron chi connectivity index (χ2n) is 2.77. The number of nitrogens with one attached hydrogen (secondary N) is 1. The number of nitrogens with zero attached hydrogens (tertiary/aromatic N) is 1. The molecule has 0 fully saturated rings. The largest absolute Gasteiger partial charge is 0.325 e. The standard InChI is InChI=1S/C9H9N3O/c10-5-7-3-1-6-2-4-8(13)12-9(6)11-7/h1-4H,5,10H2,(H,11,12,13). The maximum absolute atomic E-state index is 11.0. The number of H-pyrrole nitrogens is 1. The minimum Gasteiger partial charge on any atom is -0.325 e. The van der Waals surface area contributed by atoms with E-state index in [2.05, 4.69) is 9.97 Å². The molecule has 2 rings (SSSR count). The molecule has 0 aliphatic carbocycles. The molecule has 2 aromatic heterocycles. The third kappa shape index (κ3) is 1.43. The molecule has 0 saturated carbocycles. The minimum absolute atomic E-state index is 0.144. The van der Waals surface area contributed by atoms with Crippen molar-refractivity contribution in [1.29, 1.82) is 0 Å². The maximum Gasteiger partial charge on any atom is 0.249 e. The maximum atomic E-state index is 11.0.